The average Bonchev–Trinajstić information content (AvgIpc) is 3.16. The lowest BCUT2D eigenvalue weighted by Crippen LogP contribution is -2.36. The normalized spacial score (nSPS) is 12.5. The predicted molar refractivity (Wildman–Crippen MR) is 112 cm³/mol. The first kappa shape index (κ1) is 20.7. The summed E-state index contributed by atoms with van der Waals surface area (Å²) in [6.07, 6.45) is 0.939. The van der Waals surface area contributed by atoms with Crippen LogP contribution in [0.1, 0.15) is 39.2 Å². The molecule has 0 fully saturated rings. The summed E-state index contributed by atoms with van der Waals surface area (Å²) in [6.45, 7) is 6.75. The molecular formula is C23H28N2O4. The van der Waals surface area contributed by atoms with E-state index in [2.05, 4.69) is 5.32 Å². The van der Waals surface area contributed by atoms with Gasteiger partial charge in [0.05, 0.1) is 6.54 Å². The van der Waals surface area contributed by atoms with Crippen molar-refractivity contribution < 1.29 is 19.1 Å². The van der Waals surface area contributed by atoms with Gasteiger partial charge in [0.25, 0.3) is 0 Å². The highest BCUT2D eigenvalue weighted by atomic mass is 16.7. The number of hydrogen-bond acceptors (Lipinski definition) is 4. The molecule has 2 aromatic rings. The van der Waals surface area contributed by atoms with Gasteiger partial charge in [0.15, 0.2) is 11.5 Å². The van der Waals surface area contributed by atoms with Gasteiger partial charge in [-0.05, 0) is 36.2 Å². The Bertz CT molecular complexity index is 859. The lowest BCUT2D eigenvalue weighted by Gasteiger charge is -2.23. The molecule has 0 radical (unpaired) electrons. The number of nitrogens with zero attached hydrogens (tertiary/aromatic N) is 1. The number of nitrogens with one attached hydrogen (secondary N) is 1. The Balaban J connectivity index is 1.64. The number of para-hydroxylation sites is 1. The molecule has 6 nitrogen and oxygen atoms in total. The van der Waals surface area contributed by atoms with Crippen LogP contribution in [-0.4, -0.2) is 25.2 Å². The third-order valence-corrected chi connectivity index (χ3v) is 4.68. The molecule has 1 N–H and O–H groups in total. The molecule has 3 rings (SSSR count). The molecule has 29 heavy (non-hydrogen) atoms. The van der Waals surface area contributed by atoms with E-state index in [4.69, 9.17) is 9.47 Å². The van der Waals surface area contributed by atoms with Gasteiger partial charge in [0.1, 0.15) is 0 Å². The van der Waals surface area contributed by atoms with Crippen LogP contribution in [-0.2, 0) is 16.1 Å². The highest BCUT2D eigenvalue weighted by molar-refractivity contribution is 5.93. The summed E-state index contributed by atoms with van der Waals surface area (Å²) >= 11 is 0. The average molecular weight is 396 g/mol. The van der Waals surface area contributed by atoms with Gasteiger partial charge < -0.3 is 19.7 Å². The lowest BCUT2D eigenvalue weighted by atomic mass is 9.96. The van der Waals surface area contributed by atoms with E-state index in [1.165, 1.54) is 0 Å². The SMILES string of the molecule is CC(C)(C)C(=O)NCCCC(=O)N(Cc1ccc2c(c1)OCO2)c1ccccc1. The third-order valence-electron chi connectivity index (χ3n) is 4.68. The Labute approximate surface area is 171 Å². The smallest absolute Gasteiger partial charge is 0.231 e. The Kier molecular flexibility index (Phi) is 6.42. The zero-order valence-electron chi connectivity index (χ0n) is 17.2. The molecule has 2 amide bonds. The van der Waals surface area contributed by atoms with Crippen LogP contribution in [0, 0.1) is 5.41 Å². The Morgan fingerprint density at radius 3 is 2.48 bits per heavy atom. The maximum absolute atomic E-state index is 13.0. The quantitative estimate of drug-likeness (QED) is 0.721. The minimum atomic E-state index is -0.431. The van der Waals surface area contributed by atoms with Crippen molar-refractivity contribution in [2.24, 2.45) is 5.41 Å². The molecular weight excluding hydrogens is 368 g/mol. The number of hydrogen-bond donors (Lipinski definition) is 1. The summed E-state index contributed by atoms with van der Waals surface area (Å²) in [7, 11) is 0. The first-order valence-electron chi connectivity index (χ1n) is 9.87. The summed E-state index contributed by atoms with van der Waals surface area (Å²) in [5.74, 6) is 1.43. The monoisotopic (exact) mass is 396 g/mol. The van der Waals surface area contributed by atoms with Crippen LogP contribution in [0.25, 0.3) is 0 Å². The van der Waals surface area contributed by atoms with Gasteiger partial charge in [0, 0.05) is 24.1 Å². The largest absolute Gasteiger partial charge is 0.454 e. The number of amides is 2. The van der Waals surface area contributed by atoms with Crippen LogP contribution in [0.5, 0.6) is 11.5 Å². The summed E-state index contributed by atoms with van der Waals surface area (Å²) in [5, 5.41) is 2.89. The second-order valence-corrected chi connectivity index (χ2v) is 8.11. The number of benzene rings is 2. The summed E-state index contributed by atoms with van der Waals surface area (Å²) in [4.78, 5) is 26.7. The van der Waals surface area contributed by atoms with Crippen molar-refractivity contribution in [3.8, 4) is 11.5 Å². The van der Waals surface area contributed by atoms with Crippen molar-refractivity contribution in [1.29, 1.82) is 0 Å². The molecule has 0 aliphatic carbocycles. The van der Waals surface area contributed by atoms with Gasteiger partial charge in [-0.1, -0.05) is 45.0 Å². The van der Waals surface area contributed by atoms with E-state index >= 15 is 0 Å². The summed E-state index contributed by atoms with van der Waals surface area (Å²) in [6, 6.07) is 15.3. The molecule has 154 valence electrons. The van der Waals surface area contributed by atoms with Crippen molar-refractivity contribution in [3.63, 3.8) is 0 Å². The minimum Gasteiger partial charge on any atom is -0.454 e. The molecule has 0 aromatic heterocycles. The molecule has 0 bridgehead atoms. The van der Waals surface area contributed by atoms with Gasteiger partial charge in [-0.2, -0.15) is 0 Å². The molecule has 1 aliphatic heterocycles. The van der Waals surface area contributed by atoms with Crippen LogP contribution in [0.3, 0.4) is 0 Å². The van der Waals surface area contributed by atoms with Gasteiger partial charge in [-0.15, -0.1) is 0 Å². The molecule has 0 saturated heterocycles. The number of anilines is 1. The van der Waals surface area contributed by atoms with Gasteiger partial charge in [0.2, 0.25) is 18.6 Å². The van der Waals surface area contributed by atoms with E-state index < -0.39 is 5.41 Å². The number of carbonyl (C=O) groups excluding carboxylic acids is 2. The second kappa shape index (κ2) is 8.99. The number of carbonyl (C=O) groups is 2. The van der Waals surface area contributed by atoms with Gasteiger partial charge in [-0.3, -0.25) is 9.59 Å². The summed E-state index contributed by atoms with van der Waals surface area (Å²) in [5.41, 5.74) is 1.38. The molecule has 0 atom stereocenters. The van der Waals surface area contributed by atoms with E-state index in [1.54, 1.807) is 4.90 Å². The molecule has 1 heterocycles. The Morgan fingerprint density at radius 1 is 1.03 bits per heavy atom. The number of rotatable bonds is 7. The zero-order valence-corrected chi connectivity index (χ0v) is 17.2. The predicted octanol–water partition coefficient (Wildman–Crippen LogP) is 3.89. The lowest BCUT2D eigenvalue weighted by molar-refractivity contribution is -0.128. The van der Waals surface area contributed by atoms with Crippen molar-refractivity contribution in [2.45, 2.75) is 40.2 Å². The zero-order chi connectivity index (χ0) is 20.9. The fourth-order valence-electron chi connectivity index (χ4n) is 2.99. The van der Waals surface area contributed by atoms with Crippen molar-refractivity contribution in [1.82, 2.24) is 5.32 Å². The fraction of sp³-hybridized carbons (Fsp3) is 0.391. The number of ether oxygens (including phenoxy) is 2. The highest BCUT2D eigenvalue weighted by Crippen LogP contribution is 2.33. The topological polar surface area (TPSA) is 67.9 Å². The van der Waals surface area contributed by atoms with Crippen LogP contribution >= 0.6 is 0 Å². The maximum Gasteiger partial charge on any atom is 0.231 e. The van der Waals surface area contributed by atoms with E-state index in [1.807, 2.05) is 69.3 Å². The molecule has 0 unspecified atom stereocenters. The molecule has 2 aromatic carbocycles. The van der Waals surface area contributed by atoms with E-state index in [-0.39, 0.29) is 18.6 Å². The Hall–Kier alpha value is -3.02. The van der Waals surface area contributed by atoms with Crippen molar-refractivity contribution >= 4 is 17.5 Å². The first-order valence-corrected chi connectivity index (χ1v) is 9.87. The van der Waals surface area contributed by atoms with Gasteiger partial charge in [-0.25, -0.2) is 0 Å². The van der Waals surface area contributed by atoms with E-state index in [0.717, 1.165) is 17.0 Å². The number of fused-ring (bicyclic) bond motifs is 1. The third kappa shape index (κ3) is 5.50. The standard InChI is InChI=1S/C23H28N2O4/c1-23(2,3)22(27)24-13-7-10-21(26)25(18-8-5-4-6-9-18)15-17-11-12-19-20(14-17)29-16-28-19/h4-6,8-9,11-12,14H,7,10,13,15-16H2,1-3H3,(H,24,27). The molecule has 1 aliphatic rings. The van der Waals surface area contributed by atoms with Crippen LogP contribution < -0.4 is 19.7 Å². The maximum atomic E-state index is 13.0. The van der Waals surface area contributed by atoms with Crippen LogP contribution in [0.2, 0.25) is 0 Å². The van der Waals surface area contributed by atoms with Crippen molar-refractivity contribution in [3.05, 3.63) is 54.1 Å². The van der Waals surface area contributed by atoms with Crippen LogP contribution in [0.15, 0.2) is 48.5 Å². The molecule has 0 saturated carbocycles. The van der Waals surface area contributed by atoms with Crippen molar-refractivity contribution in [2.75, 3.05) is 18.2 Å². The summed E-state index contributed by atoms with van der Waals surface area (Å²) < 4.78 is 10.8. The molecule has 6 heteroatoms. The van der Waals surface area contributed by atoms with Gasteiger partial charge >= 0.3 is 0 Å². The first-order chi connectivity index (χ1) is 13.8. The highest BCUT2D eigenvalue weighted by Gasteiger charge is 2.21. The second-order valence-electron chi connectivity index (χ2n) is 8.11. The van der Waals surface area contributed by atoms with E-state index in [0.29, 0.717) is 31.7 Å². The molecule has 0 spiro atoms. The van der Waals surface area contributed by atoms with Crippen LogP contribution in [0.4, 0.5) is 5.69 Å². The van der Waals surface area contributed by atoms with E-state index in [9.17, 15) is 9.59 Å². The minimum absolute atomic E-state index is 0.00905. The Morgan fingerprint density at radius 2 is 1.76 bits per heavy atom. The fourth-order valence-corrected chi connectivity index (χ4v) is 2.99.